The smallest absolute Gasteiger partial charge is 0.195 e. The van der Waals surface area contributed by atoms with Gasteiger partial charge in [-0.05, 0) is 35.4 Å². The number of rotatable bonds is 7. The van der Waals surface area contributed by atoms with Gasteiger partial charge in [-0.15, -0.1) is 0 Å². The number of fused-ring (bicyclic) bond motifs is 2. The Morgan fingerprint density at radius 1 is 0.373 bits per heavy atom. The van der Waals surface area contributed by atoms with E-state index in [2.05, 4.69) is 53.5 Å². The van der Waals surface area contributed by atoms with Crippen LogP contribution in [0.3, 0.4) is 0 Å². The summed E-state index contributed by atoms with van der Waals surface area (Å²) in [5.74, 6) is 2.60. The second-order valence-corrected chi connectivity index (χ2v) is 12.2. The topological polar surface area (TPSA) is 90.5 Å². The highest BCUT2D eigenvalue weighted by atomic mass is 16.3. The van der Waals surface area contributed by atoms with E-state index in [1.54, 1.807) is 0 Å². The number of para-hydroxylation sites is 2. The van der Waals surface area contributed by atoms with Gasteiger partial charge in [-0.2, -0.15) is 0 Å². The molecule has 7 heteroatoms. The minimum Gasteiger partial charge on any atom is -0.441 e. The van der Waals surface area contributed by atoms with Crippen molar-refractivity contribution in [2.24, 2.45) is 0 Å². The standard InChI is InChI=1S/C44H30N6O/c1-2-39-45-37-26-25-34(27-38(37)51-39)28-17-19-29(20-18-28)40-41(47-36-16-10-9-15-35(36)46-40)30-21-23-33(24-22-30)44-49-42(31-11-5-3-6-12-31)48-43(50-44)32-13-7-4-8-14-32/h3-27H,2H2,1H3. The van der Waals surface area contributed by atoms with Crippen molar-refractivity contribution in [3.8, 4) is 67.8 Å². The van der Waals surface area contributed by atoms with Crippen LogP contribution in [0.5, 0.6) is 0 Å². The van der Waals surface area contributed by atoms with E-state index in [1.165, 1.54) is 0 Å². The molecule has 0 saturated carbocycles. The number of aromatic nitrogens is 6. The maximum Gasteiger partial charge on any atom is 0.195 e. The molecule has 0 fully saturated rings. The Labute approximate surface area is 294 Å². The maximum atomic E-state index is 5.93. The Kier molecular flexibility index (Phi) is 7.63. The van der Waals surface area contributed by atoms with E-state index in [4.69, 9.17) is 29.3 Å². The summed E-state index contributed by atoms with van der Waals surface area (Å²) in [4.78, 5) is 29.5. The van der Waals surface area contributed by atoms with E-state index in [-0.39, 0.29) is 0 Å². The van der Waals surface area contributed by atoms with Crippen LogP contribution in [-0.4, -0.2) is 29.9 Å². The van der Waals surface area contributed by atoms with Gasteiger partial charge in [-0.1, -0.05) is 134 Å². The molecule has 9 aromatic rings. The number of hydrogen-bond donors (Lipinski definition) is 0. The van der Waals surface area contributed by atoms with Gasteiger partial charge in [0, 0.05) is 34.2 Å². The number of aryl methyl sites for hydroxylation is 1. The number of hydrogen-bond acceptors (Lipinski definition) is 7. The Hall–Kier alpha value is -6.86. The van der Waals surface area contributed by atoms with E-state index >= 15 is 0 Å². The summed E-state index contributed by atoms with van der Waals surface area (Å²) < 4.78 is 5.93. The first-order chi connectivity index (χ1) is 25.2. The normalized spacial score (nSPS) is 11.3. The average molecular weight is 659 g/mol. The summed E-state index contributed by atoms with van der Waals surface area (Å²) in [6.45, 7) is 2.04. The second kappa shape index (κ2) is 12.9. The monoisotopic (exact) mass is 658 g/mol. The molecule has 9 rings (SSSR count). The van der Waals surface area contributed by atoms with Crippen molar-refractivity contribution < 1.29 is 4.42 Å². The van der Waals surface area contributed by atoms with Crippen LogP contribution in [-0.2, 0) is 6.42 Å². The summed E-state index contributed by atoms with van der Waals surface area (Å²) in [7, 11) is 0. The molecule has 0 radical (unpaired) electrons. The summed E-state index contributed by atoms with van der Waals surface area (Å²) in [6, 6.07) is 50.8. The summed E-state index contributed by atoms with van der Waals surface area (Å²) in [5, 5.41) is 0. The fourth-order valence-corrected chi connectivity index (χ4v) is 6.24. The Morgan fingerprint density at radius 2 is 0.804 bits per heavy atom. The lowest BCUT2D eigenvalue weighted by Crippen LogP contribution is -2.00. The molecule has 3 heterocycles. The molecule has 7 nitrogen and oxygen atoms in total. The summed E-state index contributed by atoms with van der Waals surface area (Å²) in [5.41, 5.74) is 11.8. The van der Waals surface area contributed by atoms with Crippen molar-refractivity contribution in [2.45, 2.75) is 13.3 Å². The Morgan fingerprint density at radius 3 is 1.31 bits per heavy atom. The molecule has 6 aromatic carbocycles. The largest absolute Gasteiger partial charge is 0.441 e. The van der Waals surface area contributed by atoms with Gasteiger partial charge in [-0.3, -0.25) is 0 Å². The van der Waals surface area contributed by atoms with Crippen LogP contribution in [0.15, 0.2) is 156 Å². The fourth-order valence-electron chi connectivity index (χ4n) is 6.24. The van der Waals surface area contributed by atoms with E-state index in [1.807, 2.05) is 110 Å². The SMILES string of the molecule is CCc1nc2ccc(-c3ccc(-c4nc5ccccc5nc4-c4ccc(-c5nc(-c6ccccc6)nc(-c6ccccc6)n5)cc4)cc3)cc2o1. The van der Waals surface area contributed by atoms with Crippen LogP contribution in [0.4, 0.5) is 0 Å². The Balaban J connectivity index is 1.10. The third-order valence-corrected chi connectivity index (χ3v) is 8.91. The highest BCUT2D eigenvalue weighted by Gasteiger charge is 2.16. The first-order valence-electron chi connectivity index (χ1n) is 16.9. The van der Waals surface area contributed by atoms with Crippen molar-refractivity contribution in [2.75, 3.05) is 0 Å². The molecule has 0 aliphatic heterocycles. The van der Waals surface area contributed by atoms with Gasteiger partial charge < -0.3 is 4.42 Å². The van der Waals surface area contributed by atoms with Gasteiger partial charge in [0.15, 0.2) is 28.9 Å². The quantitative estimate of drug-likeness (QED) is 0.168. The van der Waals surface area contributed by atoms with Gasteiger partial charge in [0.1, 0.15) is 5.52 Å². The summed E-state index contributed by atoms with van der Waals surface area (Å²) in [6.07, 6.45) is 0.762. The molecule has 242 valence electrons. The van der Waals surface area contributed by atoms with Crippen LogP contribution >= 0.6 is 0 Å². The fraction of sp³-hybridized carbons (Fsp3) is 0.0455. The van der Waals surface area contributed by atoms with Crippen molar-refractivity contribution in [1.29, 1.82) is 0 Å². The van der Waals surface area contributed by atoms with E-state index in [0.717, 1.165) is 84.8 Å². The van der Waals surface area contributed by atoms with Crippen LogP contribution < -0.4 is 0 Å². The first-order valence-corrected chi connectivity index (χ1v) is 16.9. The molecule has 51 heavy (non-hydrogen) atoms. The van der Waals surface area contributed by atoms with Gasteiger partial charge in [0.2, 0.25) is 0 Å². The summed E-state index contributed by atoms with van der Waals surface area (Å²) >= 11 is 0. The van der Waals surface area contributed by atoms with Gasteiger partial charge in [0.25, 0.3) is 0 Å². The molecule has 0 amide bonds. The third kappa shape index (κ3) is 5.91. The lowest BCUT2D eigenvalue weighted by Gasteiger charge is -2.12. The molecular formula is C44H30N6O. The van der Waals surface area contributed by atoms with Crippen molar-refractivity contribution in [3.05, 3.63) is 158 Å². The van der Waals surface area contributed by atoms with E-state index in [9.17, 15) is 0 Å². The average Bonchev–Trinajstić information content (AvgIpc) is 3.64. The van der Waals surface area contributed by atoms with Crippen molar-refractivity contribution in [1.82, 2.24) is 29.9 Å². The molecule has 3 aromatic heterocycles. The zero-order chi connectivity index (χ0) is 34.1. The Bertz CT molecular complexity index is 2600. The number of oxazole rings is 1. The molecule has 0 aliphatic carbocycles. The molecule has 0 saturated heterocycles. The lowest BCUT2D eigenvalue weighted by molar-refractivity contribution is 0.538. The second-order valence-electron chi connectivity index (χ2n) is 12.2. The van der Waals surface area contributed by atoms with Gasteiger partial charge >= 0.3 is 0 Å². The highest BCUT2D eigenvalue weighted by molar-refractivity contribution is 5.87. The minimum atomic E-state index is 0.601. The van der Waals surface area contributed by atoms with E-state index < -0.39 is 0 Å². The predicted octanol–water partition coefficient (Wildman–Crippen LogP) is 10.5. The molecule has 0 N–H and O–H groups in total. The van der Waals surface area contributed by atoms with Gasteiger partial charge in [-0.25, -0.2) is 29.9 Å². The molecule has 0 spiro atoms. The molecule has 0 atom stereocenters. The van der Waals surface area contributed by atoms with Gasteiger partial charge in [0.05, 0.1) is 22.4 Å². The van der Waals surface area contributed by atoms with E-state index in [0.29, 0.717) is 17.5 Å². The van der Waals surface area contributed by atoms with Crippen molar-refractivity contribution >= 4 is 22.1 Å². The van der Waals surface area contributed by atoms with Crippen LogP contribution in [0.2, 0.25) is 0 Å². The molecule has 0 unspecified atom stereocenters. The van der Waals surface area contributed by atoms with Crippen LogP contribution in [0.25, 0.3) is 89.9 Å². The predicted molar refractivity (Wildman–Crippen MR) is 202 cm³/mol. The third-order valence-electron chi connectivity index (χ3n) is 8.91. The van der Waals surface area contributed by atoms with Crippen LogP contribution in [0, 0.1) is 0 Å². The van der Waals surface area contributed by atoms with Crippen molar-refractivity contribution in [3.63, 3.8) is 0 Å². The first kappa shape index (κ1) is 30.2. The lowest BCUT2D eigenvalue weighted by atomic mass is 9.99. The molecule has 0 aliphatic rings. The number of nitrogens with zero attached hydrogens (tertiary/aromatic N) is 6. The molecular weight excluding hydrogens is 629 g/mol. The maximum absolute atomic E-state index is 5.93. The van der Waals surface area contributed by atoms with Crippen LogP contribution in [0.1, 0.15) is 12.8 Å². The zero-order valence-electron chi connectivity index (χ0n) is 27.7. The zero-order valence-corrected chi connectivity index (χ0v) is 27.7. The molecule has 0 bridgehead atoms. The number of benzene rings is 6. The minimum absolute atomic E-state index is 0.601. The highest BCUT2D eigenvalue weighted by Crippen LogP contribution is 2.34.